The van der Waals surface area contributed by atoms with E-state index in [9.17, 15) is 4.79 Å². The van der Waals surface area contributed by atoms with Crippen LogP contribution in [0.3, 0.4) is 0 Å². The molecule has 0 aliphatic rings. The summed E-state index contributed by atoms with van der Waals surface area (Å²) in [5.74, 6) is 0.738. The summed E-state index contributed by atoms with van der Waals surface area (Å²) in [7, 11) is 3.26. The number of hydrogen-bond acceptors (Lipinski definition) is 2. The molecule has 3 heteroatoms. The molecule has 1 amide bonds. The molecule has 86 valence electrons. The third-order valence-corrected chi connectivity index (χ3v) is 2.45. The van der Waals surface area contributed by atoms with Crippen LogP contribution in [0.25, 0.3) is 6.08 Å². The second-order valence-electron chi connectivity index (χ2n) is 3.62. The van der Waals surface area contributed by atoms with E-state index in [-0.39, 0.29) is 5.91 Å². The summed E-state index contributed by atoms with van der Waals surface area (Å²) in [5.41, 5.74) is 3.25. The standard InChI is InChI=1S/C13H17NO2/c1-9-7-11(16-4)8-10(2)12(9)5-6-13(15)14-3/h5-8H,1-4H3,(H,14,15)/b6-5+. The van der Waals surface area contributed by atoms with Crippen LogP contribution in [-0.4, -0.2) is 20.1 Å². The van der Waals surface area contributed by atoms with Crippen LogP contribution in [-0.2, 0) is 4.79 Å². The number of likely N-dealkylation sites (N-methyl/N-ethyl adjacent to an activating group) is 1. The molecule has 0 aliphatic heterocycles. The molecule has 1 N–H and O–H groups in total. The molecule has 0 bridgehead atoms. The molecule has 0 saturated carbocycles. The molecule has 0 unspecified atom stereocenters. The SMILES string of the molecule is CNC(=O)/C=C/c1c(C)cc(OC)cc1C. The third-order valence-electron chi connectivity index (χ3n) is 2.45. The summed E-state index contributed by atoms with van der Waals surface area (Å²) < 4.78 is 5.17. The highest BCUT2D eigenvalue weighted by Gasteiger charge is 2.03. The maximum Gasteiger partial charge on any atom is 0.243 e. The minimum absolute atomic E-state index is 0.102. The van der Waals surface area contributed by atoms with Crippen molar-refractivity contribution >= 4 is 12.0 Å². The molecule has 1 rings (SSSR count). The molecule has 0 radical (unpaired) electrons. The Kier molecular flexibility index (Phi) is 4.11. The molecule has 0 spiro atoms. The van der Waals surface area contributed by atoms with E-state index in [0.29, 0.717) is 0 Å². The molecule has 3 nitrogen and oxygen atoms in total. The summed E-state index contributed by atoms with van der Waals surface area (Å²) >= 11 is 0. The van der Waals surface area contributed by atoms with Crippen molar-refractivity contribution in [3.8, 4) is 5.75 Å². The zero-order valence-corrected chi connectivity index (χ0v) is 10.1. The van der Waals surface area contributed by atoms with Gasteiger partial charge in [0.2, 0.25) is 5.91 Å². The smallest absolute Gasteiger partial charge is 0.243 e. The Balaban J connectivity index is 3.05. The van der Waals surface area contributed by atoms with E-state index in [1.807, 2.05) is 32.1 Å². The lowest BCUT2D eigenvalue weighted by Gasteiger charge is -2.08. The van der Waals surface area contributed by atoms with Gasteiger partial charge in [-0.2, -0.15) is 0 Å². The zero-order valence-electron chi connectivity index (χ0n) is 10.1. The molecule has 0 aliphatic carbocycles. The minimum Gasteiger partial charge on any atom is -0.497 e. The van der Waals surface area contributed by atoms with Crippen molar-refractivity contribution in [2.24, 2.45) is 0 Å². The van der Waals surface area contributed by atoms with Crippen LogP contribution in [0.4, 0.5) is 0 Å². The van der Waals surface area contributed by atoms with E-state index >= 15 is 0 Å². The first-order valence-corrected chi connectivity index (χ1v) is 5.13. The van der Waals surface area contributed by atoms with Crippen LogP contribution in [0.2, 0.25) is 0 Å². The Bertz CT molecular complexity index is 399. The topological polar surface area (TPSA) is 38.3 Å². The first-order chi connectivity index (χ1) is 7.58. The Morgan fingerprint density at radius 1 is 1.31 bits per heavy atom. The molecule has 0 aromatic heterocycles. The number of nitrogens with one attached hydrogen (secondary N) is 1. The lowest BCUT2D eigenvalue weighted by molar-refractivity contribution is -0.115. The average Bonchev–Trinajstić information content (AvgIpc) is 2.27. The van der Waals surface area contributed by atoms with Gasteiger partial charge in [0, 0.05) is 13.1 Å². The Hall–Kier alpha value is -1.77. The fourth-order valence-corrected chi connectivity index (χ4v) is 1.56. The number of carbonyl (C=O) groups excluding carboxylic acids is 1. The van der Waals surface area contributed by atoms with Gasteiger partial charge in [0.25, 0.3) is 0 Å². The van der Waals surface area contributed by atoms with Crippen LogP contribution in [0.5, 0.6) is 5.75 Å². The predicted molar refractivity (Wildman–Crippen MR) is 65.6 cm³/mol. The van der Waals surface area contributed by atoms with Gasteiger partial charge in [-0.25, -0.2) is 0 Å². The number of ether oxygens (including phenoxy) is 1. The lowest BCUT2D eigenvalue weighted by atomic mass is 10.0. The summed E-state index contributed by atoms with van der Waals surface area (Å²) in [6.45, 7) is 4.00. The summed E-state index contributed by atoms with van der Waals surface area (Å²) in [5, 5.41) is 2.55. The van der Waals surface area contributed by atoms with Crippen molar-refractivity contribution in [3.63, 3.8) is 0 Å². The normalized spacial score (nSPS) is 10.5. The van der Waals surface area contributed by atoms with Gasteiger partial charge in [-0.05, 0) is 48.7 Å². The van der Waals surface area contributed by atoms with Crippen LogP contribution < -0.4 is 10.1 Å². The maximum absolute atomic E-state index is 11.1. The first kappa shape index (κ1) is 12.3. The molecule has 1 aromatic carbocycles. The lowest BCUT2D eigenvalue weighted by Crippen LogP contribution is -2.13. The molecule has 0 fully saturated rings. The second kappa shape index (κ2) is 5.35. The van der Waals surface area contributed by atoms with Crippen molar-refractivity contribution in [2.45, 2.75) is 13.8 Å². The van der Waals surface area contributed by atoms with Crippen molar-refractivity contribution < 1.29 is 9.53 Å². The predicted octanol–water partition coefficient (Wildman–Crippen LogP) is 2.07. The number of methoxy groups -OCH3 is 1. The van der Waals surface area contributed by atoms with Gasteiger partial charge in [0.15, 0.2) is 0 Å². The summed E-state index contributed by atoms with van der Waals surface area (Å²) in [4.78, 5) is 11.1. The van der Waals surface area contributed by atoms with Gasteiger partial charge in [0.05, 0.1) is 7.11 Å². The van der Waals surface area contributed by atoms with Gasteiger partial charge in [0.1, 0.15) is 5.75 Å². The van der Waals surface area contributed by atoms with Crippen LogP contribution >= 0.6 is 0 Å². The van der Waals surface area contributed by atoms with Crippen LogP contribution in [0, 0.1) is 13.8 Å². The highest BCUT2D eigenvalue weighted by Crippen LogP contribution is 2.22. The fraction of sp³-hybridized carbons (Fsp3) is 0.308. The number of hydrogen-bond donors (Lipinski definition) is 1. The van der Waals surface area contributed by atoms with E-state index < -0.39 is 0 Å². The first-order valence-electron chi connectivity index (χ1n) is 5.13. The van der Waals surface area contributed by atoms with Gasteiger partial charge >= 0.3 is 0 Å². The number of benzene rings is 1. The highest BCUT2D eigenvalue weighted by atomic mass is 16.5. The van der Waals surface area contributed by atoms with Crippen LogP contribution in [0.1, 0.15) is 16.7 Å². The zero-order chi connectivity index (χ0) is 12.1. The van der Waals surface area contributed by atoms with E-state index in [2.05, 4.69) is 5.32 Å². The van der Waals surface area contributed by atoms with Gasteiger partial charge in [-0.15, -0.1) is 0 Å². The highest BCUT2D eigenvalue weighted by molar-refractivity contribution is 5.91. The minimum atomic E-state index is -0.102. The third kappa shape index (κ3) is 2.86. The molecule has 16 heavy (non-hydrogen) atoms. The van der Waals surface area contributed by atoms with E-state index in [1.165, 1.54) is 6.08 Å². The van der Waals surface area contributed by atoms with Gasteiger partial charge in [-0.3, -0.25) is 4.79 Å². The Labute approximate surface area is 96.1 Å². The van der Waals surface area contributed by atoms with Crippen LogP contribution in [0.15, 0.2) is 18.2 Å². The second-order valence-corrected chi connectivity index (χ2v) is 3.62. The van der Waals surface area contributed by atoms with Crippen molar-refractivity contribution in [1.82, 2.24) is 5.32 Å². The quantitative estimate of drug-likeness (QED) is 0.790. The van der Waals surface area contributed by atoms with E-state index in [0.717, 1.165) is 22.4 Å². The summed E-state index contributed by atoms with van der Waals surface area (Å²) in [6, 6.07) is 3.91. The monoisotopic (exact) mass is 219 g/mol. The van der Waals surface area contributed by atoms with Crippen molar-refractivity contribution in [2.75, 3.05) is 14.2 Å². The maximum atomic E-state index is 11.1. The number of aryl methyl sites for hydroxylation is 2. The molecule has 0 saturated heterocycles. The molecule has 0 atom stereocenters. The molecular weight excluding hydrogens is 202 g/mol. The van der Waals surface area contributed by atoms with Crippen molar-refractivity contribution in [1.29, 1.82) is 0 Å². The van der Waals surface area contributed by atoms with E-state index in [1.54, 1.807) is 14.2 Å². The Morgan fingerprint density at radius 2 is 1.88 bits per heavy atom. The van der Waals surface area contributed by atoms with E-state index in [4.69, 9.17) is 4.74 Å². The largest absolute Gasteiger partial charge is 0.497 e. The number of amides is 1. The molecule has 1 aromatic rings. The van der Waals surface area contributed by atoms with Gasteiger partial charge in [-0.1, -0.05) is 0 Å². The fourth-order valence-electron chi connectivity index (χ4n) is 1.56. The van der Waals surface area contributed by atoms with Gasteiger partial charge < -0.3 is 10.1 Å². The molecule has 0 heterocycles. The molecular formula is C13H17NO2. The average molecular weight is 219 g/mol. The van der Waals surface area contributed by atoms with Crippen molar-refractivity contribution in [3.05, 3.63) is 34.9 Å². The number of carbonyl (C=O) groups is 1. The summed E-state index contributed by atoms with van der Waals surface area (Å²) in [6.07, 6.45) is 3.35. The Morgan fingerprint density at radius 3 is 2.31 bits per heavy atom. The number of rotatable bonds is 3.